The summed E-state index contributed by atoms with van der Waals surface area (Å²) in [6.07, 6.45) is -2.46. The number of hydrogen-bond acceptors (Lipinski definition) is 3. The van der Waals surface area contributed by atoms with Gasteiger partial charge in [-0.05, 0) is 36.1 Å². The molecule has 1 aliphatic heterocycles. The van der Waals surface area contributed by atoms with Gasteiger partial charge >= 0.3 is 0 Å². The summed E-state index contributed by atoms with van der Waals surface area (Å²) in [5.74, 6) is 0.846. The summed E-state index contributed by atoms with van der Waals surface area (Å²) >= 11 is 0. The van der Waals surface area contributed by atoms with Crippen molar-refractivity contribution < 1.29 is 13.5 Å². The Morgan fingerprint density at radius 2 is 1.64 bits per heavy atom. The first kappa shape index (κ1) is 22.6. The molecular formula is C22H29ClF2N2O. The molecule has 1 fully saturated rings. The second-order valence-electron chi connectivity index (χ2n) is 7.19. The largest absolute Gasteiger partial charge is 0.488 e. The maximum atomic E-state index is 13.2. The zero-order valence-electron chi connectivity index (χ0n) is 16.5. The lowest BCUT2D eigenvalue weighted by Gasteiger charge is -2.35. The molecule has 1 heterocycles. The Kier molecular flexibility index (Phi) is 8.67. The molecule has 154 valence electrons. The van der Waals surface area contributed by atoms with Crippen LogP contribution in [0.5, 0.6) is 5.75 Å². The van der Waals surface area contributed by atoms with Crippen LogP contribution < -0.4 is 10.1 Å². The fourth-order valence-corrected chi connectivity index (χ4v) is 3.79. The summed E-state index contributed by atoms with van der Waals surface area (Å²) < 4.78 is 32.5. The van der Waals surface area contributed by atoms with Gasteiger partial charge in [-0.15, -0.1) is 12.4 Å². The highest BCUT2D eigenvalue weighted by molar-refractivity contribution is 5.85. The van der Waals surface area contributed by atoms with E-state index in [1.807, 2.05) is 56.3 Å². The summed E-state index contributed by atoms with van der Waals surface area (Å²) in [5, 5.41) is 3.29. The molecule has 1 saturated heterocycles. The van der Waals surface area contributed by atoms with E-state index in [0.717, 1.165) is 54.2 Å². The zero-order chi connectivity index (χ0) is 19.2. The van der Waals surface area contributed by atoms with Crippen LogP contribution >= 0.6 is 12.4 Å². The van der Waals surface area contributed by atoms with E-state index in [1.165, 1.54) is 0 Å². The predicted octanol–water partition coefficient (Wildman–Crippen LogP) is 4.91. The third-order valence-electron chi connectivity index (χ3n) is 5.09. The lowest BCUT2D eigenvalue weighted by Crippen LogP contribution is -2.45. The monoisotopic (exact) mass is 410 g/mol. The topological polar surface area (TPSA) is 24.5 Å². The summed E-state index contributed by atoms with van der Waals surface area (Å²) in [4.78, 5) is 2.17. The Labute approximate surface area is 172 Å². The molecule has 0 aliphatic carbocycles. The molecule has 3 nitrogen and oxygen atoms in total. The smallest absolute Gasteiger partial charge is 0.240 e. The highest BCUT2D eigenvalue weighted by Crippen LogP contribution is 2.33. The van der Waals surface area contributed by atoms with Gasteiger partial charge in [0.15, 0.2) is 0 Å². The SMILES string of the molecule is Cc1cc([C@H](CC(F)F)N2CCNCC2)cc(C)c1OCc1ccccc1.Cl. The van der Waals surface area contributed by atoms with Gasteiger partial charge in [-0.3, -0.25) is 4.90 Å². The summed E-state index contributed by atoms with van der Waals surface area (Å²) in [5.41, 5.74) is 4.06. The first-order valence-corrected chi connectivity index (χ1v) is 9.55. The molecule has 3 rings (SSSR count). The average molecular weight is 411 g/mol. The number of nitrogens with one attached hydrogen (secondary N) is 1. The number of piperazine rings is 1. The number of halogens is 3. The summed E-state index contributed by atoms with van der Waals surface area (Å²) in [6, 6.07) is 13.8. The molecule has 0 aromatic heterocycles. The maximum absolute atomic E-state index is 13.2. The fourth-order valence-electron chi connectivity index (χ4n) is 3.79. The Hall–Kier alpha value is -1.69. The molecule has 0 bridgehead atoms. The minimum absolute atomic E-state index is 0. The molecule has 0 unspecified atom stereocenters. The van der Waals surface area contributed by atoms with Crippen LogP contribution in [0, 0.1) is 13.8 Å². The molecule has 0 spiro atoms. The van der Waals surface area contributed by atoms with Crippen LogP contribution in [0.4, 0.5) is 8.78 Å². The first-order valence-electron chi connectivity index (χ1n) is 9.55. The molecule has 0 saturated carbocycles. The Bertz CT molecular complexity index is 714. The average Bonchev–Trinajstić information content (AvgIpc) is 2.66. The van der Waals surface area contributed by atoms with Crippen molar-refractivity contribution in [1.29, 1.82) is 0 Å². The summed E-state index contributed by atoms with van der Waals surface area (Å²) in [6.45, 7) is 7.76. The molecule has 1 atom stereocenters. The lowest BCUT2D eigenvalue weighted by atomic mass is 9.96. The maximum Gasteiger partial charge on any atom is 0.240 e. The minimum Gasteiger partial charge on any atom is -0.488 e. The van der Waals surface area contributed by atoms with Crippen LogP contribution in [0.15, 0.2) is 42.5 Å². The van der Waals surface area contributed by atoms with E-state index in [0.29, 0.717) is 6.61 Å². The van der Waals surface area contributed by atoms with Gasteiger partial charge < -0.3 is 10.1 Å². The molecule has 28 heavy (non-hydrogen) atoms. The van der Waals surface area contributed by atoms with Crippen LogP contribution in [0.1, 0.15) is 34.7 Å². The quantitative estimate of drug-likeness (QED) is 0.702. The van der Waals surface area contributed by atoms with Crippen LogP contribution in [-0.4, -0.2) is 37.5 Å². The van der Waals surface area contributed by atoms with Crippen molar-refractivity contribution in [3.8, 4) is 5.75 Å². The van der Waals surface area contributed by atoms with Gasteiger partial charge in [-0.1, -0.05) is 42.5 Å². The van der Waals surface area contributed by atoms with E-state index in [4.69, 9.17) is 4.74 Å². The van der Waals surface area contributed by atoms with E-state index in [1.54, 1.807) is 0 Å². The zero-order valence-corrected chi connectivity index (χ0v) is 17.3. The first-order chi connectivity index (χ1) is 13.0. The molecule has 0 amide bonds. The van der Waals surface area contributed by atoms with Crippen molar-refractivity contribution in [3.63, 3.8) is 0 Å². The third-order valence-corrected chi connectivity index (χ3v) is 5.09. The van der Waals surface area contributed by atoms with E-state index in [2.05, 4.69) is 10.2 Å². The van der Waals surface area contributed by atoms with Gasteiger partial charge in [-0.25, -0.2) is 8.78 Å². The van der Waals surface area contributed by atoms with Gasteiger partial charge in [0.25, 0.3) is 0 Å². The summed E-state index contributed by atoms with van der Waals surface area (Å²) in [7, 11) is 0. The second kappa shape index (κ2) is 10.7. The van der Waals surface area contributed by atoms with Gasteiger partial charge in [0.1, 0.15) is 12.4 Å². The van der Waals surface area contributed by atoms with E-state index < -0.39 is 6.43 Å². The van der Waals surface area contributed by atoms with Gasteiger partial charge in [0.2, 0.25) is 6.43 Å². The predicted molar refractivity (Wildman–Crippen MR) is 112 cm³/mol. The fraction of sp³-hybridized carbons (Fsp3) is 0.455. The van der Waals surface area contributed by atoms with Crippen molar-refractivity contribution >= 4 is 12.4 Å². The van der Waals surface area contributed by atoms with Gasteiger partial charge in [-0.2, -0.15) is 0 Å². The lowest BCUT2D eigenvalue weighted by molar-refractivity contribution is 0.0738. The third kappa shape index (κ3) is 5.90. The van der Waals surface area contributed by atoms with Crippen molar-refractivity contribution in [2.45, 2.75) is 39.3 Å². The van der Waals surface area contributed by atoms with Gasteiger partial charge in [0, 0.05) is 38.6 Å². The number of alkyl halides is 2. The number of hydrogen-bond donors (Lipinski definition) is 1. The van der Waals surface area contributed by atoms with E-state index >= 15 is 0 Å². The molecule has 0 radical (unpaired) electrons. The molecule has 2 aromatic carbocycles. The second-order valence-corrected chi connectivity index (χ2v) is 7.19. The van der Waals surface area contributed by atoms with Crippen LogP contribution in [0.3, 0.4) is 0 Å². The van der Waals surface area contributed by atoms with E-state index in [9.17, 15) is 8.78 Å². The van der Waals surface area contributed by atoms with E-state index in [-0.39, 0.29) is 24.9 Å². The minimum atomic E-state index is -2.32. The molecule has 1 N–H and O–H groups in total. The number of aryl methyl sites for hydroxylation is 2. The normalized spacial score (nSPS) is 15.9. The molecule has 1 aliphatic rings. The van der Waals surface area contributed by atoms with Crippen molar-refractivity contribution in [1.82, 2.24) is 10.2 Å². The van der Waals surface area contributed by atoms with Crippen LogP contribution in [0.25, 0.3) is 0 Å². The highest BCUT2D eigenvalue weighted by atomic mass is 35.5. The van der Waals surface area contributed by atoms with Crippen LogP contribution in [0.2, 0.25) is 0 Å². The number of nitrogens with zero attached hydrogens (tertiary/aromatic N) is 1. The van der Waals surface area contributed by atoms with Crippen molar-refractivity contribution in [2.75, 3.05) is 26.2 Å². The van der Waals surface area contributed by atoms with Crippen LogP contribution in [-0.2, 0) is 6.61 Å². The Balaban J connectivity index is 0.00000280. The molecule has 2 aromatic rings. The van der Waals surface area contributed by atoms with Crippen molar-refractivity contribution in [3.05, 3.63) is 64.7 Å². The number of rotatable bonds is 7. The Morgan fingerprint density at radius 1 is 1.04 bits per heavy atom. The molecular weight excluding hydrogens is 382 g/mol. The number of ether oxygens (including phenoxy) is 1. The van der Waals surface area contributed by atoms with Crippen molar-refractivity contribution in [2.24, 2.45) is 0 Å². The molecule has 6 heteroatoms. The Morgan fingerprint density at radius 3 is 2.21 bits per heavy atom. The highest BCUT2D eigenvalue weighted by Gasteiger charge is 2.26. The number of benzene rings is 2. The standard InChI is InChI=1S/C22H28F2N2O.ClH/c1-16-12-19(20(14-21(23)24)26-10-8-25-9-11-26)13-17(2)22(16)27-15-18-6-4-3-5-7-18;/h3-7,12-13,20-21,25H,8-11,14-15H2,1-2H3;1H/t20-;/m0./s1. The van der Waals surface area contributed by atoms with Gasteiger partial charge in [0.05, 0.1) is 0 Å².